The van der Waals surface area contributed by atoms with Crippen LogP contribution < -0.4 is 15.5 Å². The van der Waals surface area contributed by atoms with Crippen molar-refractivity contribution in [1.82, 2.24) is 5.43 Å². The Morgan fingerprint density at radius 2 is 1.60 bits per heavy atom. The monoisotopic (exact) mass is 407 g/mol. The summed E-state index contributed by atoms with van der Waals surface area (Å²) >= 11 is 0. The van der Waals surface area contributed by atoms with Crippen molar-refractivity contribution in [1.29, 1.82) is 0 Å². The average Bonchev–Trinajstić information content (AvgIpc) is 2.75. The van der Waals surface area contributed by atoms with E-state index in [0.717, 1.165) is 0 Å². The van der Waals surface area contributed by atoms with Crippen molar-refractivity contribution in [2.45, 2.75) is 0 Å². The van der Waals surface area contributed by atoms with Gasteiger partial charge in [0.1, 0.15) is 5.82 Å². The summed E-state index contributed by atoms with van der Waals surface area (Å²) in [7, 11) is 1.43. The molecule has 0 bridgehead atoms. The minimum Gasteiger partial charge on any atom is -0.504 e. The number of methoxy groups -OCH3 is 1. The third-order valence-electron chi connectivity index (χ3n) is 4.13. The van der Waals surface area contributed by atoms with Crippen LogP contribution in [0.5, 0.6) is 11.5 Å². The number of hydrazone groups is 1. The summed E-state index contributed by atoms with van der Waals surface area (Å²) in [5.74, 6) is -1.08. The number of halogens is 1. The summed E-state index contributed by atoms with van der Waals surface area (Å²) in [6.07, 6.45) is 1.30. The molecule has 0 saturated heterocycles. The third-order valence-corrected chi connectivity index (χ3v) is 4.13. The summed E-state index contributed by atoms with van der Waals surface area (Å²) in [4.78, 5) is 24.3. The number of nitrogens with zero attached hydrogens (tertiary/aromatic N) is 1. The number of aromatic hydroxyl groups is 1. The van der Waals surface area contributed by atoms with Crippen molar-refractivity contribution in [3.05, 3.63) is 89.2 Å². The van der Waals surface area contributed by atoms with Crippen LogP contribution in [0.1, 0.15) is 26.3 Å². The SMILES string of the molecule is COc1cccc(/C=N/NC(=O)c2ccc(NC(=O)c3ccc(F)cc3)cc2)c1O. The number of phenols is 1. The number of para-hydroxylation sites is 1. The average molecular weight is 407 g/mol. The molecule has 2 amide bonds. The molecule has 8 heteroatoms. The van der Waals surface area contributed by atoms with E-state index in [1.807, 2.05) is 0 Å². The number of nitrogens with one attached hydrogen (secondary N) is 2. The molecule has 0 aliphatic carbocycles. The first kappa shape index (κ1) is 20.5. The van der Waals surface area contributed by atoms with Crippen molar-refractivity contribution in [2.24, 2.45) is 5.10 Å². The van der Waals surface area contributed by atoms with E-state index in [9.17, 15) is 19.1 Å². The molecule has 0 saturated carbocycles. The number of hydrogen-bond acceptors (Lipinski definition) is 5. The van der Waals surface area contributed by atoms with Gasteiger partial charge in [-0.25, -0.2) is 9.82 Å². The Bertz CT molecular complexity index is 1080. The quantitative estimate of drug-likeness (QED) is 0.430. The summed E-state index contributed by atoms with van der Waals surface area (Å²) in [6.45, 7) is 0. The zero-order chi connectivity index (χ0) is 21.5. The second-order valence-corrected chi connectivity index (χ2v) is 6.14. The Hall–Kier alpha value is -4.20. The van der Waals surface area contributed by atoms with Gasteiger partial charge in [0.15, 0.2) is 11.5 Å². The van der Waals surface area contributed by atoms with E-state index >= 15 is 0 Å². The zero-order valence-corrected chi connectivity index (χ0v) is 15.9. The number of ether oxygens (including phenoxy) is 1. The highest BCUT2D eigenvalue weighted by Crippen LogP contribution is 2.27. The normalized spacial score (nSPS) is 10.6. The van der Waals surface area contributed by atoms with Crippen LogP contribution >= 0.6 is 0 Å². The fraction of sp³-hybridized carbons (Fsp3) is 0.0455. The maximum Gasteiger partial charge on any atom is 0.271 e. The number of carbonyl (C=O) groups is 2. The molecule has 3 N–H and O–H groups in total. The number of amides is 2. The Morgan fingerprint density at radius 1 is 0.967 bits per heavy atom. The molecule has 0 aliphatic heterocycles. The molecule has 0 unspecified atom stereocenters. The van der Waals surface area contributed by atoms with E-state index in [-0.39, 0.29) is 5.75 Å². The molecule has 152 valence electrons. The lowest BCUT2D eigenvalue weighted by Crippen LogP contribution is -2.18. The standard InChI is InChI=1S/C22H18FN3O4/c1-30-19-4-2-3-16(20(19)27)13-24-26-22(29)15-7-11-18(12-8-15)25-21(28)14-5-9-17(23)10-6-14/h2-13,27H,1H3,(H,25,28)(H,26,29)/b24-13+. The molecular formula is C22H18FN3O4. The van der Waals surface area contributed by atoms with E-state index in [2.05, 4.69) is 15.8 Å². The Kier molecular flexibility index (Phi) is 6.39. The van der Waals surface area contributed by atoms with Crippen LogP contribution in [0.4, 0.5) is 10.1 Å². The van der Waals surface area contributed by atoms with Crippen LogP contribution in [-0.4, -0.2) is 30.2 Å². The zero-order valence-electron chi connectivity index (χ0n) is 15.9. The van der Waals surface area contributed by atoms with Gasteiger partial charge in [-0.1, -0.05) is 6.07 Å². The highest BCUT2D eigenvalue weighted by atomic mass is 19.1. The van der Waals surface area contributed by atoms with Gasteiger partial charge in [-0.15, -0.1) is 0 Å². The van der Waals surface area contributed by atoms with E-state index in [0.29, 0.717) is 28.1 Å². The maximum atomic E-state index is 12.9. The topological polar surface area (TPSA) is 100 Å². The first-order chi connectivity index (χ1) is 14.5. The number of carbonyl (C=O) groups excluding carboxylic acids is 2. The van der Waals surface area contributed by atoms with Crippen molar-refractivity contribution >= 4 is 23.7 Å². The Balaban J connectivity index is 1.60. The summed E-state index contributed by atoms with van der Waals surface area (Å²) in [6, 6.07) is 16.2. The van der Waals surface area contributed by atoms with Crippen molar-refractivity contribution in [3.8, 4) is 11.5 Å². The highest BCUT2D eigenvalue weighted by Gasteiger charge is 2.09. The maximum absolute atomic E-state index is 12.9. The van der Waals surface area contributed by atoms with E-state index < -0.39 is 17.6 Å². The molecule has 3 rings (SSSR count). The molecular weight excluding hydrogens is 389 g/mol. The fourth-order valence-corrected chi connectivity index (χ4v) is 2.54. The first-order valence-electron chi connectivity index (χ1n) is 8.84. The molecule has 3 aromatic carbocycles. The molecule has 0 spiro atoms. The summed E-state index contributed by atoms with van der Waals surface area (Å²) < 4.78 is 17.9. The van der Waals surface area contributed by atoms with Crippen molar-refractivity contribution in [2.75, 3.05) is 12.4 Å². The lowest BCUT2D eigenvalue weighted by Gasteiger charge is -2.07. The summed E-state index contributed by atoms with van der Waals surface area (Å²) in [5, 5.41) is 16.5. The van der Waals surface area contributed by atoms with Crippen LogP contribution in [0.3, 0.4) is 0 Å². The Labute approximate surface area is 171 Å². The number of phenolic OH excluding ortho intramolecular Hbond substituents is 1. The second kappa shape index (κ2) is 9.33. The van der Waals surface area contributed by atoms with Gasteiger partial charge in [-0.3, -0.25) is 9.59 Å². The lowest BCUT2D eigenvalue weighted by atomic mass is 10.1. The van der Waals surface area contributed by atoms with Crippen LogP contribution in [-0.2, 0) is 0 Å². The molecule has 0 atom stereocenters. The van der Waals surface area contributed by atoms with E-state index in [4.69, 9.17) is 4.74 Å². The second-order valence-electron chi connectivity index (χ2n) is 6.14. The number of anilines is 1. The van der Waals surface area contributed by atoms with Crippen molar-refractivity contribution < 1.29 is 23.8 Å². The third kappa shape index (κ3) is 4.99. The van der Waals surface area contributed by atoms with Crippen LogP contribution in [0.25, 0.3) is 0 Å². The molecule has 0 fully saturated rings. The van der Waals surface area contributed by atoms with Gasteiger partial charge in [0, 0.05) is 22.4 Å². The minimum absolute atomic E-state index is 0.0840. The van der Waals surface area contributed by atoms with Crippen molar-refractivity contribution in [3.63, 3.8) is 0 Å². The summed E-state index contributed by atoms with van der Waals surface area (Å²) in [5.41, 5.74) is 3.85. The first-order valence-corrected chi connectivity index (χ1v) is 8.84. The number of benzene rings is 3. The molecule has 7 nitrogen and oxygen atoms in total. The van der Waals surface area contributed by atoms with Gasteiger partial charge < -0.3 is 15.2 Å². The highest BCUT2D eigenvalue weighted by molar-refractivity contribution is 6.04. The number of rotatable bonds is 6. The van der Waals surface area contributed by atoms with Gasteiger partial charge in [0.25, 0.3) is 11.8 Å². The van der Waals surface area contributed by atoms with Crippen LogP contribution in [0, 0.1) is 5.82 Å². The van der Waals surface area contributed by atoms with E-state index in [1.165, 1.54) is 49.7 Å². The van der Waals surface area contributed by atoms with Crippen LogP contribution in [0.2, 0.25) is 0 Å². The van der Waals surface area contributed by atoms with E-state index in [1.54, 1.807) is 30.3 Å². The van der Waals surface area contributed by atoms with Gasteiger partial charge >= 0.3 is 0 Å². The predicted molar refractivity (Wildman–Crippen MR) is 111 cm³/mol. The van der Waals surface area contributed by atoms with Gasteiger partial charge in [0.2, 0.25) is 0 Å². The largest absolute Gasteiger partial charge is 0.504 e. The van der Waals surface area contributed by atoms with Crippen LogP contribution in [0.15, 0.2) is 71.8 Å². The molecule has 0 radical (unpaired) electrons. The molecule has 0 aliphatic rings. The molecule has 0 aromatic heterocycles. The Morgan fingerprint density at radius 3 is 2.27 bits per heavy atom. The minimum atomic E-state index is -0.468. The fourth-order valence-electron chi connectivity index (χ4n) is 2.54. The molecule has 0 heterocycles. The smallest absolute Gasteiger partial charge is 0.271 e. The lowest BCUT2D eigenvalue weighted by molar-refractivity contribution is 0.0954. The van der Waals surface area contributed by atoms with Gasteiger partial charge in [-0.05, 0) is 60.7 Å². The predicted octanol–water partition coefficient (Wildman–Crippen LogP) is 3.56. The van der Waals surface area contributed by atoms with Gasteiger partial charge in [-0.2, -0.15) is 5.10 Å². The number of hydrogen-bond donors (Lipinski definition) is 3. The molecule has 3 aromatic rings. The van der Waals surface area contributed by atoms with Gasteiger partial charge in [0.05, 0.1) is 13.3 Å². The molecule has 30 heavy (non-hydrogen) atoms.